The Labute approximate surface area is 128 Å². The average molecular weight is 338 g/mol. The maximum atomic E-state index is 11.9. The molecule has 1 heterocycles. The summed E-state index contributed by atoms with van der Waals surface area (Å²) in [5.41, 5.74) is 3.07. The van der Waals surface area contributed by atoms with Crippen molar-refractivity contribution in [2.24, 2.45) is 5.92 Å². The van der Waals surface area contributed by atoms with E-state index in [1.807, 2.05) is 7.05 Å². The highest BCUT2D eigenvalue weighted by molar-refractivity contribution is 9.10. The van der Waals surface area contributed by atoms with Crippen LogP contribution < -0.4 is 15.5 Å². The van der Waals surface area contributed by atoms with Crippen LogP contribution in [-0.2, 0) is 4.79 Å². The molecule has 108 valence electrons. The summed E-state index contributed by atoms with van der Waals surface area (Å²) in [6, 6.07) is 4.41. The van der Waals surface area contributed by atoms with E-state index in [-0.39, 0.29) is 11.9 Å². The Kier molecular flexibility index (Phi) is 3.50. The second-order valence-corrected chi connectivity index (χ2v) is 6.65. The Bertz CT molecular complexity index is 556. The Morgan fingerprint density at radius 2 is 2.15 bits per heavy atom. The maximum absolute atomic E-state index is 11.9. The molecule has 20 heavy (non-hydrogen) atoms. The zero-order valence-electron chi connectivity index (χ0n) is 12.0. The fourth-order valence-corrected chi connectivity index (χ4v) is 3.58. The van der Waals surface area contributed by atoms with E-state index in [0.29, 0.717) is 6.04 Å². The number of rotatable bonds is 4. The molecular formula is C15H20BrN3O. The van der Waals surface area contributed by atoms with Crippen LogP contribution in [0.1, 0.15) is 31.4 Å². The van der Waals surface area contributed by atoms with Gasteiger partial charge in [0.1, 0.15) is 6.04 Å². The molecule has 1 amide bonds. The molecule has 5 heteroatoms. The van der Waals surface area contributed by atoms with Crippen molar-refractivity contribution in [3.8, 4) is 0 Å². The van der Waals surface area contributed by atoms with Crippen molar-refractivity contribution in [2.45, 2.75) is 31.8 Å². The van der Waals surface area contributed by atoms with Crippen molar-refractivity contribution < 1.29 is 4.79 Å². The standard InChI is InChI=1S/C15H20BrN3O/c1-8(9-4-5-9)19(3)13-7-12-10(6-11(13)16)14(17-2)15(20)18-12/h6-9,14,17H,4-5H2,1-3H3,(H,18,20). The van der Waals surface area contributed by atoms with Gasteiger partial charge in [0, 0.05) is 28.8 Å². The Morgan fingerprint density at radius 3 is 2.75 bits per heavy atom. The zero-order chi connectivity index (χ0) is 14.4. The molecule has 1 aromatic carbocycles. The number of nitrogens with one attached hydrogen (secondary N) is 2. The number of carbonyl (C=O) groups is 1. The fraction of sp³-hybridized carbons (Fsp3) is 0.533. The molecule has 1 aliphatic heterocycles. The topological polar surface area (TPSA) is 44.4 Å². The summed E-state index contributed by atoms with van der Waals surface area (Å²) in [6.45, 7) is 2.27. The molecule has 2 atom stereocenters. The van der Waals surface area contributed by atoms with E-state index in [0.717, 1.165) is 27.3 Å². The molecule has 0 bridgehead atoms. The molecule has 1 fully saturated rings. The summed E-state index contributed by atoms with van der Waals surface area (Å²) in [5, 5.41) is 6.01. The van der Waals surface area contributed by atoms with Crippen LogP contribution >= 0.6 is 15.9 Å². The van der Waals surface area contributed by atoms with Crippen molar-refractivity contribution >= 4 is 33.2 Å². The first-order valence-corrected chi connectivity index (χ1v) is 7.86. The van der Waals surface area contributed by atoms with Crippen molar-refractivity contribution in [2.75, 3.05) is 24.3 Å². The molecule has 4 nitrogen and oxygen atoms in total. The van der Waals surface area contributed by atoms with Crippen molar-refractivity contribution in [3.05, 3.63) is 22.2 Å². The minimum Gasteiger partial charge on any atom is -0.371 e. The van der Waals surface area contributed by atoms with Gasteiger partial charge in [-0.3, -0.25) is 4.79 Å². The number of hydrogen-bond acceptors (Lipinski definition) is 3. The third-order valence-corrected chi connectivity index (χ3v) is 5.17. The number of halogens is 1. The van der Waals surface area contributed by atoms with Gasteiger partial charge in [0.25, 0.3) is 0 Å². The first-order chi connectivity index (χ1) is 9.52. The Morgan fingerprint density at radius 1 is 1.45 bits per heavy atom. The smallest absolute Gasteiger partial charge is 0.246 e. The highest BCUT2D eigenvalue weighted by Crippen LogP contribution is 2.42. The molecule has 0 aromatic heterocycles. The van der Waals surface area contributed by atoms with Crippen molar-refractivity contribution in [1.29, 1.82) is 0 Å². The number of nitrogens with zero attached hydrogens (tertiary/aromatic N) is 1. The van der Waals surface area contributed by atoms with E-state index < -0.39 is 0 Å². The van der Waals surface area contributed by atoms with E-state index in [1.165, 1.54) is 12.8 Å². The van der Waals surface area contributed by atoms with Gasteiger partial charge in [-0.2, -0.15) is 0 Å². The molecular weight excluding hydrogens is 318 g/mol. The summed E-state index contributed by atoms with van der Waals surface area (Å²) in [7, 11) is 3.93. The van der Waals surface area contributed by atoms with Gasteiger partial charge >= 0.3 is 0 Å². The highest BCUT2D eigenvalue weighted by Gasteiger charge is 2.33. The van der Waals surface area contributed by atoms with Crippen LogP contribution in [0.15, 0.2) is 16.6 Å². The molecule has 3 rings (SSSR count). The Hall–Kier alpha value is -1.07. The van der Waals surface area contributed by atoms with Crippen molar-refractivity contribution in [3.63, 3.8) is 0 Å². The van der Waals surface area contributed by atoms with Gasteiger partial charge in [0.2, 0.25) is 5.91 Å². The molecule has 2 unspecified atom stereocenters. The second kappa shape index (κ2) is 5.04. The van der Waals surface area contributed by atoms with Crippen LogP contribution in [0.5, 0.6) is 0 Å². The number of likely N-dealkylation sites (N-methyl/N-ethyl adjacent to an activating group) is 1. The van der Waals surface area contributed by atoms with E-state index in [4.69, 9.17) is 0 Å². The van der Waals surface area contributed by atoms with Gasteiger partial charge in [-0.25, -0.2) is 0 Å². The maximum Gasteiger partial charge on any atom is 0.246 e. The lowest BCUT2D eigenvalue weighted by Crippen LogP contribution is -2.30. The molecule has 0 spiro atoms. The number of benzene rings is 1. The lowest BCUT2D eigenvalue weighted by Gasteiger charge is -2.28. The minimum absolute atomic E-state index is 0.0180. The van der Waals surface area contributed by atoms with Gasteiger partial charge in [0.05, 0.1) is 5.69 Å². The SMILES string of the molecule is CNC1C(=O)Nc2cc(N(C)C(C)C3CC3)c(Br)cc21. The van der Waals surface area contributed by atoms with Gasteiger partial charge in [-0.15, -0.1) is 0 Å². The molecule has 2 N–H and O–H groups in total. The van der Waals surface area contributed by atoms with E-state index in [2.05, 4.69) is 57.6 Å². The van der Waals surface area contributed by atoms with Crippen LogP contribution in [0.25, 0.3) is 0 Å². The quantitative estimate of drug-likeness (QED) is 0.887. The summed E-state index contributed by atoms with van der Waals surface area (Å²) in [4.78, 5) is 14.2. The van der Waals surface area contributed by atoms with E-state index >= 15 is 0 Å². The fourth-order valence-electron chi connectivity index (χ4n) is 2.94. The van der Waals surface area contributed by atoms with E-state index in [9.17, 15) is 4.79 Å². The predicted octanol–water partition coefficient (Wildman–Crippen LogP) is 2.90. The van der Waals surface area contributed by atoms with Crippen LogP contribution in [-0.4, -0.2) is 26.0 Å². The van der Waals surface area contributed by atoms with Crippen LogP contribution in [0.4, 0.5) is 11.4 Å². The molecule has 2 aliphatic rings. The molecule has 0 radical (unpaired) electrons. The van der Waals surface area contributed by atoms with Gasteiger partial charge in [-0.1, -0.05) is 0 Å². The van der Waals surface area contributed by atoms with Gasteiger partial charge in [-0.05, 0) is 60.8 Å². The summed E-state index contributed by atoms with van der Waals surface area (Å²) in [5.74, 6) is 0.823. The molecule has 1 saturated carbocycles. The average Bonchev–Trinajstić information content (AvgIpc) is 3.21. The summed E-state index contributed by atoms with van der Waals surface area (Å²) >= 11 is 3.66. The predicted molar refractivity (Wildman–Crippen MR) is 85.2 cm³/mol. The normalized spacial score (nSPS) is 22.4. The highest BCUT2D eigenvalue weighted by atomic mass is 79.9. The van der Waals surface area contributed by atoms with Crippen LogP contribution in [0.3, 0.4) is 0 Å². The first-order valence-electron chi connectivity index (χ1n) is 7.07. The number of carbonyl (C=O) groups excluding carboxylic acids is 1. The molecule has 1 aliphatic carbocycles. The van der Waals surface area contributed by atoms with Gasteiger partial charge < -0.3 is 15.5 Å². The number of amides is 1. The molecule has 1 aromatic rings. The van der Waals surface area contributed by atoms with Gasteiger partial charge in [0.15, 0.2) is 0 Å². The lowest BCUT2D eigenvalue weighted by molar-refractivity contribution is -0.117. The van der Waals surface area contributed by atoms with Crippen LogP contribution in [0, 0.1) is 5.92 Å². The van der Waals surface area contributed by atoms with E-state index in [1.54, 1.807) is 0 Å². The van der Waals surface area contributed by atoms with Crippen molar-refractivity contribution in [1.82, 2.24) is 5.32 Å². The van der Waals surface area contributed by atoms with Crippen LogP contribution in [0.2, 0.25) is 0 Å². The lowest BCUT2D eigenvalue weighted by atomic mass is 10.1. The third kappa shape index (κ3) is 2.23. The largest absolute Gasteiger partial charge is 0.371 e. The number of fused-ring (bicyclic) bond motifs is 1. The summed E-state index contributed by atoms with van der Waals surface area (Å²) < 4.78 is 1.04. The first kappa shape index (κ1) is 13.9. The monoisotopic (exact) mass is 337 g/mol. The number of hydrogen-bond donors (Lipinski definition) is 2. The number of anilines is 2. The summed E-state index contributed by atoms with van der Waals surface area (Å²) in [6.07, 6.45) is 2.65. The molecule has 0 saturated heterocycles. The zero-order valence-corrected chi connectivity index (χ0v) is 13.6. The third-order valence-electron chi connectivity index (χ3n) is 4.53. The Balaban J connectivity index is 1.94. The minimum atomic E-state index is -0.249. The second-order valence-electron chi connectivity index (χ2n) is 5.79.